The number of carbonyl (C=O) groups excluding carboxylic acids is 2. The van der Waals surface area contributed by atoms with E-state index in [1.54, 1.807) is 13.0 Å². The number of nitrogens with zero attached hydrogens (tertiary/aromatic N) is 1. The lowest BCUT2D eigenvalue weighted by atomic mass is 9.96. The molecule has 1 heterocycles. The molecule has 0 radical (unpaired) electrons. The average Bonchev–Trinajstić information content (AvgIpc) is 2.74. The summed E-state index contributed by atoms with van der Waals surface area (Å²) in [4.78, 5) is 29.6. The van der Waals surface area contributed by atoms with E-state index in [1.165, 1.54) is 5.56 Å². The first-order valence-electron chi connectivity index (χ1n) is 9.89. The van der Waals surface area contributed by atoms with E-state index in [1.807, 2.05) is 49.4 Å². The predicted octanol–water partition coefficient (Wildman–Crippen LogP) is 4.40. The van der Waals surface area contributed by atoms with Crippen LogP contribution in [0.3, 0.4) is 0 Å². The Balaban J connectivity index is 1.65. The fourth-order valence-corrected chi connectivity index (χ4v) is 3.34. The van der Waals surface area contributed by atoms with Crippen LogP contribution in [0.4, 0.5) is 0 Å². The van der Waals surface area contributed by atoms with Crippen molar-refractivity contribution in [3.63, 3.8) is 0 Å². The van der Waals surface area contributed by atoms with Crippen molar-refractivity contribution >= 4 is 22.8 Å². The lowest BCUT2D eigenvalue weighted by molar-refractivity contribution is -0.129. The quantitative estimate of drug-likeness (QED) is 0.607. The number of pyridine rings is 1. The van der Waals surface area contributed by atoms with Crippen molar-refractivity contribution in [2.75, 3.05) is 6.54 Å². The number of aromatic nitrogens is 1. The molecule has 3 rings (SSSR count). The smallest absolute Gasteiger partial charge is 0.339 e. The van der Waals surface area contributed by atoms with E-state index in [9.17, 15) is 9.59 Å². The summed E-state index contributed by atoms with van der Waals surface area (Å²) >= 11 is 0. The zero-order chi connectivity index (χ0) is 20.8. The van der Waals surface area contributed by atoms with Gasteiger partial charge >= 0.3 is 5.97 Å². The summed E-state index contributed by atoms with van der Waals surface area (Å²) in [5.41, 5.74) is 3.05. The second-order valence-electron chi connectivity index (χ2n) is 7.14. The zero-order valence-electron chi connectivity index (χ0n) is 17.0. The molecule has 5 heteroatoms. The largest absolute Gasteiger partial charge is 0.449 e. The molecule has 1 amide bonds. The van der Waals surface area contributed by atoms with E-state index < -0.39 is 12.1 Å². The van der Waals surface area contributed by atoms with Crippen LogP contribution in [0.25, 0.3) is 10.9 Å². The van der Waals surface area contributed by atoms with Gasteiger partial charge in [0, 0.05) is 23.5 Å². The van der Waals surface area contributed by atoms with E-state index in [0.717, 1.165) is 17.6 Å². The Morgan fingerprint density at radius 1 is 1.07 bits per heavy atom. The van der Waals surface area contributed by atoms with E-state index in [0.29, 0.717) is 17.5 Å². The number of para-hydroxylation sites is 1. The van der Waals surface area contributed by atoms with Crippen LogP contribution in [-0.4, -0.2) is 29.5 Å². The number of benzene rings is 2. The molecule has 0 aliphatic heterocycles. The maximum atomic E-state index is 12.7. The van der Waals surface area contributed by atoms with Gasteiger partial charge in [0.05, 0.1) is 11.1 Å². The van der Waals surface area contributed by atoms with Crippen LogP contribution in [0, 0.1) is 6.92 Å². The standard InChI is InChI=1S/C24H26N2O3/c1-4-18(19-10-6-5-7-11-19)15-25-23(27)17(3)29-24(28)21-14-16(2)26-22-13-9-8-12-20(21)22/h5-14,17-18H,4,15H2,1-3H3,(H,25,27)/t17-,18+/m0/s1. The van der Waals surface area contributed by atoms with Gasteiger partial charge in [0.25, 0.3) is 5.91 Å². The molecule has 5 nitrogen and oxygen atoms in total. The molecule has 2 aromatic carbocycles. The van der Waals surface area contributed by atoms with E-state index >= 15 is 0 Å². The number of ether oxygens (including phenoxy) is 1. The number of esters is 1. The second-order valence-corrected chi connectivity index (χ2v) is 7.14. The van der Waals surface area contributed by atoms with Gasteiger partial charge in [-0.2, -0.15) is 0 Å². The van der Waals surface area contributed by atoms with Gasteiger partial charge in [-0.25, -0.2) is 4.79 Å². The minimum Gasteiger partial charge on any atom is -0.449 e. The third kappa shape index (κ3) is 4.99. The van der Waals surface area contributed by atoms with Crippen molar-refractivity contribution in [3.05, 3.63) is 77.5 Å². The van der Waals surface area contributed by atoms with E-state index in [-0.39, 0.29) is 11.8 Å². The maximum Gasteiger partial charge on any atom is 0.339 e. The summed E-state index contributed by atoms with van der Waals surface area (Å²) in [5, 5.41) is 3.62. The lowest BCUT2D eigenvalue weighted by Gasteiger charge is -2.19. The van der Waals surface area contributed by atoms with Crippen molar-refractivity contribution in [1.82, 2.24) is 10.3 Å². The SMILES string of the molecule is CC[C@H](CNC(=O)[C@H](C)OC(=O)c1cc(C)nc2ccccc12)c1ccccc1. The molecule has 0 bridgehead atoms. The Morgan fingerprint density at radius 3 is 2.48 bits per heavy atom. The van der Waals surface area contributed by atoms with Crippen LogP contribution >= 0.6 is 0 Å². The van der Waals surface area contributed by atoms with Gasteiger partial charge < -0.3 is 10.1 Å². The number of carbonyl (C=O) groups is 2. The van der Waals surface area contributed by atoms with Gasteiger partial charge in [-0.1, -0.05) is 55.5 Å². The molecular formula is C24H26N2O3. The first kappa shape index (κ1) is 20.5. The second kappa shape index (κ2) is 9.32. The van der Waals surface area contributed by atoms with Crippen LogP contribution in [0.1, 0.15) is 47.8 Å². The Bertz CT molecular complexity index is 1000. The van der Waals surface area contributed by atoms with Crippen molar-refractivity contribution in [3.8, 4) is 0 Å². The molecule has 150 valence electrons. The van der Waals surface area contributed by atoms with Crippen LogP contribution in [0.5, 0.6) is 0 Å². The molecule has 29 heavy (non-hydrogen) atoms. The first-order chi connectivity index (χ1) is 14.0. The van der Waals surface area contributed by atoms with Crippen LogP contribution in [0.15, 0.2) is 60.7 Å². The summed E-state index contributed by atoms with van der Waals surface area (Å²) in [6.45, 7) is 6.00. The topological polar surface area (TPSA) is 68.3 Å². The Kier molecular flexibility index (Phi) is 6.60. The van der Waals surface area contributed by atoms with Gasteiger partial charge in [0.15, 0.2) is 6.10 Å². The highest BCUT2D eigenvalue weighted by atomic mass is 16.5. The number of rotatable bonds is 7. The Hall–Kier alpha value is -3.21. The van der Waals surface area contributed by atoms with E-state index in [2.05, 4.69) is 29.4 Å². The van der Waals surface area contributed by atoms with Gasteiger partial charge in [0.2, 0.25) is 0 Å². The molecule has 0 saturated carbocycles. The molecule has 0 aliphatic carbocycles. The highest BCUT2D eigenvalue weighted by molar-refractivity contribution is 6.04. The van der Waals surface area contributed by atoms with Gasteiger partial charge in [-0.15, -0.1) is 0 Å². The Morgan fingerprint density at radius 2 is 1.76 bits per heavy atom. The number of aryl methyl sites for hydroxylation is 1. The average molecular weight is 390 g/mol. The monoisotopic (exact) mass is 390 g/mol. The summed E-state index contributed by atoms with van der Waals surface area (Å²) < 4.78 is 5.45. The number of hydrogen-bond acceptors (Lipinski definition) is 4. The molecule has 0 fully saturated rings. The Labute approximate surface area is 171 Å². The molecular weight excluding hydrogens is 364 g/mol. The number of fused-ring (bicyclic) bond motifs is 1. The third-order valence-corrected chi connectivity index (χ3v) is 5.00. The normalized spacial score (nSPS) is 12.9. The predicted molar refractivity (Wildman–Crippen MR) is 114 cm³/mol. The third-order valence-electron chi connectivity index (χ3n) is 5.00. The lowest BCUT2D eigenvalue weighted by Crippen LogP contribution is -2.38. The molecule has 0 saturated heterocycles. The summed E-state index contributed by atoms with van der Waals surface area (Å²) in [6.07, 6.45) is 0.0174. The highest BCUT2D eigenvalue weighted by Crippen LogP contribution is 2.20. The molecule has 1 aromatic heterocycles. The molecule has 0 unspecified atom stereocenters. The van der Waals surface area contributed by atoms with Gasteiger partial charge in [0.1, 0.15) is 0 Å². The highest BCUT2D eigenvalue weighted by Gasteiger charge is 2.21. The minimum atomic E-state index is -0.886. The van der Waals surface area contributed by atoms with Crippen molar-refractivity contribution in [2.24, 2.45) is 0 Å². The van der Waals surface area contributed by atoms with Crippen LogP contribution in [-0.2, 0) is 9.53 Å². The van der Waals surface area contributed by atoms with E-state index in [4.69, 9.17) is 4.74 Å². The minimum absolute atomic E-state index is 0.217. The van der Waals surface area contributed by atoms with Crippen LogP contribution in [0.2, 0.25) is 0 Å². The van der Waals surface area contributed by atoms with Gasteiger partial charge in [-0.3, -0.25) is 9.78 Å². The van der Waals surface area contributed by atoms with Crippen molar-refractivity contribution in [2.45, 2.75) is 39.2 Å². The van der Waals surface area contributed by atoms with Crippen molar-refractivity contribution in [1.29, 1.82) is 0 Å². The molecule has 0 spiro atoms. The number of hydrogen-bond donors (Lipinski definition) is 1. The van der Waals surface area contributed by atoms with Crippen LogP contribution < -0.4 is 5.32 Å². The molecule has 2 atom stereocenters. The summed E-state index contributed by atoms with van der Waals surface area (Å²) in [7, 11) is 0. The number of amides is 1. The maximum absolute atomic E-state index is 12.7. The van der Waals surface area contributed by atoms with Gasteiger partial charge in [-0.05, 0) is 38.0 Å². The summed E-state index contributed by atoms with van der Waals surface area (Å²) in [6, 6.07) is 19.2. The molecule has 0 aliphatic rings. The molecule has 3 aromatic rings. The fourth-order valence-electron chi connectivity index (χ4n) is 3.34. The fraction of sp³-hybridized carbons (Fsp3) is 0.292. The zero-order valence-corrected chi connectivity index (χ0v) is 17.0. The summed E-state index contributed by atoms with van der Waals surface area (Å²) in [5.74, 6) is -0.609. The first-order valence-corrected chi connectivity index (χ1v) is 9.89. The van der Waals surface area contributed by atoms with Crippen molar-refractivity contribution < 1.29 is 14.3 Å². The molecule has 1 N–H and O–H groups in total. The number of nitrogens with one attached hydrogen (secondary N) is 1.